The van der Waals surface area contributed by atoms with Crippen molar-refractivity contribution in [3.05, 3.63) is 24.4 Å². The Morgan fingerprint density at radius 1 is 1.46 bits per heavy atom. The van der Waals surface area contributed by atoms with E-state index in [9.17, 15) is 8.42 Å². The van der Waals surface area contributed by atoms with E-state index in [1.165, 1.54) is 6.07 Å². The van der Waals surface area contributed by atoms with Crippen LogP contribution in [-0.4, -0.2) is 8.42 Å². The van der Waals surface area contributed by atoms with Crippen LogP contribution >= 0.6 is 0 Å². The maximum atomic E-state index is 11.1. The van der Waals surface area contributed by atoms with Gasteiger partial charge in [0.25, 0.3) is 10.0 Å². The highest BCUT2D eigenvalue weighted by molar-refractivity contribution is 7.89. The normalized spacial score (nSPS) is 11.5. The fourth-order valence-corrected chi connectivity index (χ4v) is 1.89. The summed E-state index contributed by atoms with van der Waals surface area (Å²) < 4.78 is 23.8. The Balaban J connectivity index is 3.20. The third-order valence-electron chi connectivity index (χ3n) is 1.66. The molecule has 0 unspecified atom stereocenters. The topological polar surface area (TPSA) is 64.0 Å². The molecule has 0 aliphatic heterocycles. The number of pyridine rings is 1. The van der Waals surface area contributed by atoms with Gasteiger partial charge in [0.2, 0.25) is 0 Å². The van der Waals surface area contributed by atoms with Crippen LogP contribution in [0.25, 0.3) is 0 Å². The number of primary sulfonamides is 1. The second-order valence-corrected chi connectivity index (χ2v) is 4.29. The Hall–Kier alpha value is -0.940. The van der Waals surface area contributed by atoms with Crippen LogP contribution in [0.3, 0.4) is 0 Å². The summed E-state index contributed by atoms with van der Waals surface area (Å²) in [6.45, 7) is 2.64. The van der Waals surface area contributed by atoms with Crippen LogP contribution < -0.4 is 9.71 Å². The molecular formula is C8H13N2O2S+. The van der Waals surface area contributed by atoms with Crippen LogP contribution in [0, 0.1) is 0 Å². The van der Waals surface area contributed by atoms with Crippen molar-refractivity contribution in [3.8, 4) is 0 Å². The Bertz CT molecular complexity index is 387. The molecule has 0 radical (unpaired) electrons. The van der Waals surface area contributed by atoms with Gasteiger partial charge in [-0.2, -0.15) is 4.57 Å². The van der Waals surface area contributed by atoms with Gasteiger partial charge in [-0.05, 0) is 6.07 Å². The summed E-state index contributed by atoms with van der Waals surface area (Å²) in [7, 11) is -3.59. The molecule has 0 aromatic carbocycles. The Labute approximate surface area is 78.1 Å². The van der Waals surface area contributed by atoms with Gasteiger partial charge < -0.3 is 0 Å². The van der Waals surface area contributed by atoms with Crippen LogP contribution in [0.2, 0.25) is 0 Å². The molecule has 0 fully saturated rings. The van der Waals surface area contributed by atoms with Crippen LogP contribution in [0.15, 0.2) is 29.4 Å². The molecule has 0 bridgehead atoms. The Morgan fingerprint density at radius 2 is 2.15 bits per heavy atom. The lowest BCUT2D eigenvalue weighted by molar-refractivity contribution is -0.733. The molecule has 0 saturated heterocycles. The zero-order valence-corrected chi connectivity index (χ0v) is 8.29. The van der Waals surface area contributed by atoms with Gasteiger partial charge in [0.05, 0.1) is 0 Å². The smallest absolute Gasteiger partial charge is 0.219 e. The van der Waals surface area contributed by atoms with Gasteiger partial charge in [-0.25, -0.2) is 13.6 Å². The highest BCUT2D eigenvalue weighted by atomic mass is 32.2. The third-order valence-corrected chi connectivity index (χ3v) is 2.61. The Kier molecular flexibility index (Phi) is 3.00. The summed E-state index contributed by atoms with van der Waals surface area (Å²) in [5.41, 5.74) is 0. The first-order valence-electron chi connectivity index (χ1n) is 4.07. The van der Waals surface area contributed by atoms with E-state index in [2.05, 4.69) is 0 Å². The molecule has 72 valence electrons. The van der Waals surface area contributed by atoms with Gasteiger partial charge in [0, 0.05) is 18.6 Å². The SMILES string of the molecule is CCC[n+]1ccccc1S(N)(=O)=O. The van der Waals surface area contributed by atoms with E-state index in [1.54, 1.807) is 22.9 Å². The van der Waals surface area contributed by atoms with E-state index >= 15 is 0 Å². The lowest BCUT2D eigenvalue weighted by Gasteiger charge is -1.99. The van der Waals surface area contributed by atoms with Crippen molar-refractivity contribution in [2.24, 2.45) is 5.14 Å². The molecule has 0 saturated carbocycles. The number of nitrogens with zero attached hydrogens (tertiary/aromatic N) is 1. The average Bonchev–Trinajstić information content (AvgIpc) is 2.04. The van der Waals surface area contributed by atoms with Crippen LogP contribution in [0.1, 0.15) is 13.3 Å². The van der Waals surface area contributed by atoms with Gasteiger partial charge in [-0.15, -0.1) is 0 Å². The molecule has 5 heteroatoms. The maximum absolute atomic E-state index is 11.1. The van der Waals surface area contributed by atoms with Crippen molar-refractivity contribution < 1.29 is 13.0 Å². The van der Waals surface area contributed by atoms with E-state index in [1.807, 2.05) is 6.92 Å². The number of hydrogen-bond donors (Lipinski definition) is 1. The largest absolute Gasteiger partial charge is 0.312 e. The minimum absolute atomic E-state index is 0.164. The van der Waals surface area contributed by atoms with Crippen molar-refractivity contribution in [1.29, 1.82) is 0 Å². The van der Waals surface area contributed by atoms with Gasteiger partial charge in [-0.1, -0.05) is 6.92 Å². The van der Waals surface area contributed by atoms with Gasteiger partial charge in [0.15, 0.2) is 6.20 Å². The van der Waals surface area contributed by atoms with Crippen LogP contribution in [-0.2, 0) is 16.6 Å². The average molecular weight is 201 g/mol. The summed E-state index contributed by atoms with van der Waals surface area (Å²) in [4.78, 5) is 0. The molecule has 0 aliphatic carbocycles. The number of rotatable bonds is 3. The summed E-state index contributed by atoms with van der Waals surface area (Å²) in [5, 5.41) is 5.20. The fourth-order valence-electron chi connectivity index (χ4n) is 1.14. The zero-order chi connectivity index (χ0) is 9.90. The van der Waals surface area contributed by atoms with E-state index in [-0.39, 0.29) is 5.03 Å². The highest BCUT2D eigenvalue weighted by Gasteiger charge is 2.19. The van der Waals surface area contributed by atoms with E-state index in [0.29, 0.717) is 6.54 Å². The fraction of sp³-hybridized carbons (Fsp3) is 0.375. The highest BCUT2D eigenvalue weighted by Crippen LogP contribution is 1.98. The third kappa shape index (κ3) is 2.50. The van der Waals surface area contributed by atoms with E-state index in [4.69, 9.17) is 5.14 Å². The molecule has 1 aromatic rings. The van der Waals surface area contributed by atoms with Crippen molar-refractivity contribution in [2.45, 2.75) is 24.9 Å². The molecule has 13 heavy (non-hydrogen) atoms. The van der Waals surface area contributed by atoms with Crippen molar-refractivity contribution >= 4 is 10.0 Å². The second-order valence-electron chi connectivity index (χ2n) is 2.78. The number of sulfonamides is 1. The standard InChI is InChI=1S/C8H13N2O2S/c1-2-6-10-7-4-3-5-8(10)13(9,11)12/h3-5,7H,2,6H2,1H3,(H2,9,11,12)/q+1. The maximum Gasteiger partial charge on any atom is 0.312 e. The van der Waals surface area contributed by atoms with Crippen molar-refractivity contribution in [3.63, 3.8) is 0 Å². The predicted octanol–water partition coefficient (Wildman–Crippen LogP) is 0.0315. The van der Waals surface area contributed by atoms with Gasteiger partial charge in [0.1, 0.15) is 6.54 Å². The zero-order valence-electron chi connectivity index (χ0n) is 7.47. The van der Waals surface area contributed by atoms with Crippen LogP contribution in [0.5, 0.6) is 0 Å². The molecule has 0 aliphatic rings. The van der Waals surface area contributed by atoms with Crippen molar-refractivity contribution in [1.82, 2.24) is 0 Å². The molecule has 1 rings (SSSR count). The van der Waals surface area contributed by atoms with Gasteiger partial charge >= 0.3 is 5.03 Å². The van der Waals surface area contributed by atoms with E-state index in [0.717, 1.165) is 6.42 Å². The van der Waals surface area contributed by atoms with E-state index < -0.39 is 10.0 Å². The summed E-state index contributed by atoms with van der Waals surface area (Å²) in [6.07, 6.45) is 2.58. The first-order valence-corrected chi connectivity index (χ1v) is 5.61. The second kappa shape index (κ2) is 3.85. The van der Waals surface area contributed by atoms with Crippen LogP contribution in [0.4, 0.5) is 0 Å². The quantitative estimate of drug-likeness (QED) is 0.701. The number of aryl methyl sites for hydroxylation is 1. The molecule has 2 N–H and O–H groups in total. The molecule has 4 nitrogen and oxygen atoms in total. The predicted molar refractivity (Wildman–Crippen MR) is 48.3 cm³/mol. The minimum Gasteiger partial charge on any atom is -0.219 e. The number of aromatic nitrogens is 1. The molecule has 0 amide bonds. The summed E-state index contributed by atoms with van der Waals surface area (Å²) >= 11 is 0. The monoisotopic (exact) mass is 201 g/mol. The number of nitrogens with two attached hydrogens (primary N) is 1. The summed E-state index contributed by atoms with van der Waals surface area (Å²) in [6, 6.07) is 4.95. The Morgan fingerprint density at radius 3 is 2.69 bits per heavy atom. The minimum atomic E-state index is -3.59. The molecule has 0 spiro atoms. The molecule has 1 aromatic heterocycles. The molecule has 0 atom stereocenters. The van der Waals surface area contributed by atoms with Crippen molar-refractivity contribution in [2.75, 3.05) is 0 Å². The molecular weight excluding hydrogens is 188 g/mol. The summed E-state index contributed by atoms with van der Waals surface area (Å²) in [5.74, 6) is 0. The first-order chi connectivity index (χ1) is 6.05. The molecule has 1 heterocycles. The van der Waals surface area contributed by atoms with Gasteiger partial charge in [-0.3, -0.25) is 0 Å². The number of hydrogen-bond acceptors (Lipinski definition) is 2. The lowest BCUT2D eigenvalue weighted by Crippen LogP contribution is -2.41. The lowest BCUT2D eigenvalue weighted by atomic mass is 10.4. The first kappa shape index (κ1) is 10.1.